The first kappa shape index (κ1) is 11.2. The van der Waals surface area contributed by atoms with Crippen molar-refractivity contribution in [1.82, 2.24) is 4.98 Å². The van der Waals surface area contributed by atoms with Gasteiger partial charge in [-0.1, -0.05) is 11.6 Å². The van der Waals surface area contributed by atoms with E-state index >= 15 is 0 Å². The van der Waals surface area contributed by atoms with E-state index in [1.165, 1.54) is 4.88 Å². The molecule has 0 amide bonds. The minimum atomic E-state index is 0.723. The Kier molecular flexibility index (Phi) is 3.31. The van der Waals surface area contributed by atoms with Crippen LogP contribution >= 0.6 is 22.9 Å². The number of thiophene rings is 1. The van der Waals surface area contributed by atoms with Crippen LogP contribution in [0.4, 0.5) is 11.5 Å². The van der Waals surface area contributed by atoms with Crippen molar-refractivity contribution in [3.63, 3.8) is 0 Å². The summed E-state index contributed by atoms with van der Waals surface area (Å²) in [5, 5.41) is 0. The Balaban J connectivity index is 2.11. The number of nitrogens with zero attached hydrogens (tertiary/aromatic N) is 2. The van der Waals surface area contributed by atoms with Crippen LogP contribution in [0, 0.1) is 0 Å². The zero-order chi connectivity index (χ0) is 11.5. The molecule has 0 atom stereocenters. The van der Waals surface area contributed by atoms with E-state index in [0.717, 1.165) is 22.4 Å². The lowest BCUT2D eigenvalue weighted by atomic mass is 10.3. The first-order chi connectivity index (χ1) is 7.65. The van der Waals surface area contributed by atoms with E-state index in [1.54, 1.807) is 23.6 Å². The van der Waals surface area contributed by atoms with Crippen molar-refractivity contribution in [2.24, 2.45) is 0 Å². The minimum absolute atomic E-state index is 0.723. The standard InChI is InChI=1S/C11H12ClN3S/c1-15(7-9-2-3-10(12)16-9)11-6-8(13)4-5-14-11/h2-6H,7H2,1H3,(H2,13,14). The number of hydrogen-bond donors (Lipinski definition) is 1. The Morgan fingerprint density at radius 2 is 2.25 bits per heavy atom. The Labute approximate surface area is 103 Å². The molecule has 84 valence electrons. The Bertz CT molecular complexity index is 484. The molecule has 0 aliphatic heterocycles. The zero-order valence-electron chi connectivity index (χ0n) is 8.85. The zero-order valence-corrected chi connectivity index (χ0v) is 10.4. The van der Waals surface area contributed by atoms with Crippen LogP contribution < -0.4 is 10.6 Å². The third kappa shape index (κ3) is 2.65. The smallest absolute Gasteiger partial charge is 0.130 e. The SMILES string of the molecule is CN(Cc1ccc(Cl)s1)c1cc(N)ccn1. The van der Waals surface area contributed by atoms with E-state index < -0.39 is 0 Å². The number of hydrogen-bond acceptors (Lipinski definition) is 4. The Morgan fingerprint density at radius 3 is 2.88 bits per heavy atom. The van der Waals surface area contributed by atoms with Crippen LogP contribution in [-0.2, 0) is 6.54 Å². The first-order valence-electron chi connectivity index (χ1n) is 4.82. The van der Waals surface area contributed by atoms with Gasteiger partial charge in [0.25, 0.3) is 0 Å². The highest BCUT2D eigenvalue weighted by atomic mass is 35.5. The number of anilines is 2. The summed E-state index contributed by atoms with van der Waals surface area (Å²) in [5.41, 5.74) is 6.43. The molecule has 0 radical (unpaired) electrons. The topological polar surface area (TPSA) is 42.1 Å². The third-order valence-corrected chi connectivity index (χ3v) is 3.40. The van der Waals surface area contributed by atoms with Crippen LogP contribution in [0.2, 0.25) is 4.34 Å². The molecule has 2 N–H and O–H groups in total. The highest BCUT2D eigenvalue weighted by molar-refractivity contribution is 7.16. The molecule has 0 unspecified atom stereocenters. The molecule has 0 bridgehead atoms. The fraction of sp³-hybridized carbons (Fsp3) is 0.182. The van der Waals surface area contributed by atoms with Crippen molar-refractivity contribution in [3.8, 4) is 0 Å². The third-order valence-electron chi connectivity index (χ3n) is 2.18. The quantitative estimate of drug-likeness (QED) is 0.914. The molecule has 2 heterocycles. The van der Waals surface area contributed by atoms with E-state index in [2.05, 4.69) is 4.98 Å². The second-order valence-electron chi connectivity index (χ2n) is 3.51. The highest BCUT2D eigenvalue weighted by Gasteiger charge is 2.05. The molecule has 0 spiro atoms. The monoisotopic (exact) mass is 253 g/mol. The second-order valence-corrected chi connectivity index (χ2v) is 5.31. The van der Waals surface area contributed by atoms with Gasteiger partial charge in [-0.25, -0.2) is 4.98 Å². The molecule has 0 saturated carbocycles. The fourth-order valence-electron chi connectivity index (χ4n) is 1.39. The van der Waals surface area contributed by atoms with Gasteiger partial charge in [0, 0.05) is 29.9 Å². The Hall–Kier alpha value is -1.26. The van der Waals surface area contributed by atoms with Crippen molar-refractivity contribution in [2.75, 3.05) is 17.7 Å². The van der Waals surface area contributed by atoms with Gasteiger partial charge in [-0.15, -0.1) is 11.3 Å². The van der Waals surface area contributed by atoms with Gasteiger partial charge < -0.3 is 10.6 Å². The average molecular weight is 254 g/mol. The van der Waals surface area contributed by atoms with Crippen molar-refractivity contribution in [1.29, 1.82) is 0 Å². The largest absolute Gasteiger partial charge is 0.399 e. The molecule has 2 rings (SSSR count). The fourth-order valence-corrected chi connectivity index (χ4v) is 2.54. The maximum Gasteiger partial charge on any atom is 0.130 e. The number of pyridine rings is 1. The summed E-state index contributed by atoms with van der Waals surface area (Å²) in [6, 6.07) is 7.56. The first-order valence-corrected chi connectivity index (χ1v) is 6.01. The second kappa shape index (κ2) is 4.72. The van der Waals surface area contributed by atoms with Crippen LogP contribution in [-0.4, -0.2) is 12.0 Å². The van der Waals surface area contributed by atoms with Gasteiger partial charge in [0.15, 0.2) is 0 Å². The summed E-state index contributed by atoms with van der Waals surface area (Å²) in [6.07, 6.45) is 1.71. The van der Waals surface area contributed by atoms with E-state index in [9.17, 15) is 0 Å². The maximum absolute atomic E-state index is 5.88. The van der Waals surface area contributed by atoms with Crippen molar-refractivity contribution < 1.29 is 0 Å². The molecular formula is C11H12ClN3S. The van der Waals surface area contributed by atoms with Crippen molar-refractivity contribution in [2.45, 2.75) is 6.54 Å². The van der Waals surface area contributed by atoms with Crippen molar-refractivity contribution in [3.05, 3.63) is 39.7 Å². The molecule has 3 nitrogen and oxygen atoms in total. The number of halogens is 1. The maximum atomic E-state index is 5.88. The summed E-state index contributed by atoms with van der Waals surface area (Å²) in [7, 11) is 1.98. The lowest BCUT2D eigenvalue weighted by molar-refractivity contribution is 0.913. The van der Waals surface area contributed by atoms with Gasteiger partial charge in [0.2, 0.25) is 0 Å². The van der Waals surface area contributed by atoms with Gasteiger partial charge >= 0.3 is 0 Å². The Morgan fingerprint density at radius 1 is 1.44 bits per heavy atom. The van der Waals surface area contributed by atoms with Crippen molar-refractivity contribution >= 4 is 34.4 Å². The number of aromatic nitrogens is 1. The lowest BCUT2D eigenvalue weighted by Crippen LogP contribution is -2.16. The van der Waals surface area contributed by atoms with Crippen LogP contribution in [0.3, 0.4) is 0 Å². The van der Waals surface area contributed by atoms with Gasteiger partial charge in [-0.05, 0) is 18.2 Å². The molecule has 2 aromatic rings. The van der Waals surface area contributed by atoms with Crippen LogP contribution in [0.25, 0.3) is 0 Å². The predicted octanol–water partition coefficient (Wildman–Crippen LogP) is 3.02. The normalized spacial score (nSPS) is 10.4. The summed E-state index contributed by atoms with van der Waals surface area (Å²) in [6.45, 7) is 0.786. The van der Waals surface area contributed by atoms with Crippen LogP contribution in [0.5, 0.6) is 0 Å². The molecule has 0 saturated heterocycles. The van der Waals surface area contributed by atoms with Gasteiger partial charge in [0.05, 0.1) is 10.9 Å². The molecule has 0 aromatic carbocycles. The lowest BCUT2D eigenvalue weighted by Gasteiger charge is -2.17. The minimum Gasteiger partial charge on any atom is -0.399 e. The number of nitrogens with two attached hydrogens (primary N) is 1. The summed E-state index contributed by atoms with van der Waals surface area (Å²) in [5.74, 6) is 0.865. The summed E-state index contributed by atoms with van der Waals surface area (Å²) < 4.78 is 0.809. The highest BCUT2D eigenvalue weighted by Crippen LogP contribution is 2.24. The van der Waals surface area contributed by atoms with Crippen LogP contribution in [0.15, 0.2) is 30.5 Å². The van der Waals surface area contributed by atoms with Gasteiger partial charge in [-0.3, -0.25) is 0 Å². The van der Waals surface area contributed by atoms with E-state index in [0.29, 0.717) is 0 Å². The molecule has 0 fully saturated rings. The van der Waals surface area contributed by atoms with E-state index in [4.69, 9.17) is 17.3 Å². The molecule has 5 heteroatoms. The predicted molar refractivity (Wildman–Crippen MR) is 70.1 cm³/mol. The van der Waals surface area contributed by atoms with Gasteiger partial charge in [0.1, 0.15) is 5.82 Å². The molecule has 0 aliphatic carbocycles. The molecule has 2 aromatic heterocycles. The van der Waals surface area contributed by atoms with Crippen LogP contribution in [0.1, 0.15) is 4.88 Å². The number of rotatable bonds is 3. The van der Waals surface area contributed by atoms with E-state index in [1.807, 2.05) is 30.1 Å². The average Bonchev–Trinajstić information content (AvgIpc) is 2.64. The summed E-state index contributed by atoms with van der Waals surface area (Å²) >= 11 is 7.46. The molecule has 16 heavy (non-hydrogen) atoms. The summed E-state index contributed by atoms with van der Waals surface area (Å²) in [4.78, 5) is 7.51. The number of nitrogen functional groups attached to an aromatic ring is 1. The molecule has 0 aliphatic rings. The molecular weight excluding hydrogens is 242 g/mol. The van der Waals surface area contributed by atoms with Gasteiger partial charge in [-0.2, -0.15) is 0 Å². The van der Waals surface area contributed by atoms with E-state index in [-0.39, 0.29) is 0 Å².